The molecule has 1 saturated heterocycles. The van der Waals surface area contributed by atoms with Crippen LogP contribution in [0.4, 0.5) is 5.82 Å². The number of piperidine rings is 1. The van der Waals surface area contributed by atoms with E-state index in [9.17, 15) is 0 Å². The molecule has 0 atom stereocenters. The monoisotopic (exact) mass is 375 g/mol. The lowest BCUT2D eigenvalue weighted by Gasteiger charge is -2.33. The van der Waals surface area contributed by atoms with Crippen molar-refractivity contribution >= 4 is 30.3 Å². The van der Waals surface area contributed by atoms with Crippen LogP contribution >= 0.6 is 0 Å². The molecular weight excluding hydrogens is 350 g/mol. The molecule has 7 heteroatoms. The fourth-order valence-electron chi connectivity index (χ4n) is 3.85. The molecule has 0 bridgehead atoms. The maximum Gasteiger partial charge on any atom is 0.141 e. The zero-order valence-corrected chi connectivity index (χ0v) is 15.8. The van der Waals surface area contributed by atoms with Crippen LogP contribution in [0.15, 0.2) is 64.5 Å². The topological polar surface area (TPSA) is 99.0 Å². The van der Waals surface area contributed by atoms with Gasteiger partial charge in [0, 0.05) is 37.0 Å². The number of hydrazine groups is 1. The quantitative estimate of drug-likeness (QED) is 0.565. The Labute approximate surface area is 164 Å². The summed E-state index contributed by atoms with van der Waals surface area (Å²) in [4.78, 5) is 14.1. The Morgan fingerprint density at radius 2 is 1.96 bits per heavy atom. The fourth-order valence-corrected chi connectivity index (χ4v) is 3.85. The zero-order chi connectivity index (χ0) is 19.5. The van der Waals surface area contributed by atoms with Crippen molar-refractivity contribution in [2.45, 2.75) is 12.8 Å². The Balaban J connectivity index is 1.52. The summed E-state index contributed by atoms with van der Waals surface area (Å²) >= 11 is 0. The van der Waals surface area contributed by atoms with Crippen LogP contribution in [0.3, 0.4) is 0 Å². The van der Waals surface area contributed by atoms with Crippen molar-refractivity contribution in [3.05, 3.63) is 65.6 Å². The van der Waals surface area contributed by atoms with E-state index in [4.69, 9.17) is 11.6 Å². The summed E-state index contributed by atoms with van der Waals surface area (Å²) in [7, 11) is 0. The Kier molecular flexibility index (Phi) is 4.99. The van der Waals surface area contributed by atoms with Crippen LogP contribution in [-0.2, 0) is 0 Å². The highest BCUT2D eigenvalue weighted by Crippen LogP contribution is 2.37. The molecule has 7 nitrogen and oxygen atoms in total. The van der Waals surface area contributed by atoms with Gasteiger partial charge in [-0.25, -0.2) is 10.8 Å². The number of fused-ring (bicyclic) bond motifs is 1. The summed E-state index contributed by atoms with van der Waals surface area (Å²) in [6, 6.07) is 12.0. The van der Waals surface area contributed by atoms with Crippen molar-refractivity contribution in [1.82, 2.24) is 14.9 Å². The lowest BCUT2D eigenvalue weighted by atomic mass is 9.91. The molecule has 0 spiro atoms. The fraction of sp³-hybridized carbons (Fsp3) is 0.238. The maximum absolute atomic E-state index is 6.26. The van der Waals surface area contributed by atoms with E-state index in [0.717, 1.165) is 60.0 Å². The number of hydrogen-bond acceptors (Lipinski definition) is 6. The van der Waals surface area contributed by atoms with Gasteiger partial charge in [-0.05, 0) is 31.2 Å². The van der Waals surface area contributed by atoms with Gasteiger partial charge in [-0.3, -0.25) is 10.0 Å². The molecule has 2 aromatic rings. The van der Waals surface area contributed by atoms with Gasteiger partial charge in [0.05, 0.1) is 17.1 Å². The summed E-state index contributed by atoms with van der Waals surface area (Å²) in [5.74, 6) is 7.27. The number of nitrogens with two attached hydrogens (primary N) is 2. The number of aliphatic imine (C=N–C) groups is 2. The number of aromatic amines is 1. The Bertz CT molecular complexity index is 931. The predicted molar refractivity (Wildman–Crippen MR) is 114 cm³/mol. The van der Waals surface area contributed by atoms with Crippen LogP contribution in [0, 0.1) is 5.92 Å². The van der Waals surface area contributed by atoms with E-state index in [0.29, 0.717) is 0 Å². The summed E-state index contributed by atoms with van der Waals surface area (Å²) in [5.41, 5.74) is 10.9. The van der Waals surface area contributed by atoms with Gasteiger partial charge in [0.2, 0.25) is 0 Å². The smallest absolute Gasteiger partial charge is 0.141 e. The van der Waals surface area contributed by atoms with Crippen LogP contribution in [-0.4, -0.2) is 41.0 Å². The van der Waals surface area contributed by atoms with Crippen molar-refractivity contribution in [3.63, 3.8) is 0 Å². The molecular formula is C21H25N7. The highest BCUT2D eigenvalue weighted by atomic mass is 15.4. The van der Waals surface area contributed by atoms with Crippen molar-refractivity contribution in [2.24, 2.45) is 27.5 Å². The number of benzene rings is 1. The second-order valence-corrected chi connectivity index (χ2v) is 7.04. The third kappa shape index (κ3) is 3.44. The van der Waals surface area contributed by atoms with E-state index in [2.05, 4.69) is 26.6 Å². The molecule has 4 rings (SSSR count). The Morgan fingerprint density at radius 1 is 1.21 bits per heavy atom. The largest absolute Gasteiger partial charge is 0.397 e. The number of H-pyrrole nitrogens is 1. The van der Waals surface area contributed by atoms with E-state index in [1.54, 1.807) is 11.3 Å². The lowest BCUT2D eigenvalue weighted by molar-refractivity contribution is 0.264. The minimum absolute atomic E-state index is 0.287. The van der Waals surface area contributed by atoms with Gasteiger partial charge < -0.3 is 15.6 Å². The van der Waals surface area contributed by atoms with Gasteiger partial charge in [0.1, 0.15) is 12.2 Å². The highest BCUT2D eigenvalue weighted by Gasteiger charge is 2.28. The van der Waals surface area contributed by atoms with Gasteiger partial charge in [-0.15, -0.1) is 0 Å². The van der Waals surface area contributed by atoms with Crippen LogP contribution in [0.1, 0.15) is 24.0 Å². The van der Waals surface area contributed by atoms with E-state index >= 15 is 0 Å². The third-order valence-electron chi connectivity index (χ3n) is 5.31. The van der Waals surface area contributed by atoms with Crippen LogP contribution < -0.4 is 11.6 Å². The molecule has 1 aromatic carbocycles. The molecule has 1 fully saturated rings. The third-order valence-corrected chi connectivity index (χ3v) is 5.31. The molecule has 1 aromatic heterocycles. The number of allylic oxidation sites excluding steroid dienone is 1. The van der Waals surface area contributed by atoms with Crippen molar-refractivity contribution in [2.75, 3.05) is 13.1 Å². The molecule has 0 radical (unpaired) electrons. The van der Waals surface area contributed by atoms with Gasteiger partial charge in [-0.1, -0.05) is 30.3 Å². The number of aromatic nitrogens is 1. The first-order chi connectivity index (χ1) is 13.7. The maximum atomic E-state index is 6.26. The average molecular weight is 375 g/mol. The van der Waals surface area contributed by atoms with Gasteiger partial charge in [0.25, 0.3) is 0 Å². The van der Waals surface area contributed by atoms with E-state index in [-0.39, 0.29) is 5.92 Å². The molecule has 3 heterocycles. The Morgan fingerprint density at radius 3 is 2.68 bits per heavy atom. The van der Waals surface area contributed by atoms with E-state index in [1.807, 2.05) is 48.8 Å². The number of rotatable bonds is 4. The molecule has 0 aliphatic carbocycles. The highest BCUT2D eigenvalue weighted by molar-refractivity contribution is 5.87. The van der Waals surface area contributed by atoms with Gasteiger partial charge >= 0.3 is 0 Å². The van der Waals surface area contributed by atoms with Gasteiger partial charge in [-0.2, -0.15) is 0 Å². The SMILES string of the molecule is C=N/C(=C1/c2cc[nH]c2N=CN1N)C1CCN(/C=C(\N)c2ccccc2)CC1. The number of nitrogens with one attached hydrogen (secondary N) is 1. The van der Waals surface area contributed by atoms with E-state index in [1.165, 1.54) is 0 Å². The normalized spacial score (nSPS) is 19.5. The molecule has 2 aliphatic rings. The first-order valence-electron chi connectivity index (χ1n) is 9.41. The van der Waals surface area contributed by atoms with Crippen LogP contribution in [0.25, 0.3) is 11.4 Å². The first-order valence-corrected chi connectivity index (χ1v) is 9.41. The zero-order valence-electron chi connectivity index (χ0n) is 15.8. The molecule has 0 saturated carbocycles. The molecule has 144 valence electrons. The first kappa shape index (κ1) is 18.1. The standard InChI is InChI=1S/C21H25N7/c1-24-19(20-17-7-10-25-21(17)26-14-28(20)23)16-8-11-27(12-9-16)13-18(22)15-5-3-2-4-6-15/h2-7,10,13-14,16,25H,1,8-9,11-12,22-23H2/b18-13-,20-19-. The summed E-state index contributed by atoms with van der Waals surface area (Å²) in [6.07, 6.45) is 7.44. The molecule has 28 heavy (non-hydrogen) atoms. The number of likely N-dealkylation sites (tertiary alicyclic amines) is 1. The minimum atomic E-state index is 0.287. The van der Waals surface area contributed by atoms with E-state index < -0.39 is 0 Å². The van der Waals surface area contributed by atoms with Crippen molar-refractivity contribution in [3.8, 4) is 0 Å². The molecule has 5 N–H and O–H groups in total. The van der Waals surface area contributed by atoms with Crippen molar-refractivity contribution < 1.29 is 0 Å². The molecule has 0 amide bonds. The number of nitrogens with zero attached hydrogens (tertiary/aromatic N) is 4. The Hall–Kier alpha value is -3.32. The second kappa shape index (κ2) is 7.74. The predicted octanol–water partition coefficient (Wildman–Crippen LogP) is 2.90. The minimum Gasteiger partial charge on any atom is -0.397 e. The summed E-state index contributed by atoms with van der Waals surface area (Å²) in [5, 5.41) is 1.54. The summed E-state index contributed by atoms with van der Waals surface area (Å²) in [6.45, 7) is 5.63. The van der Waals surface area contributed by atoms with Crippen molar-refractivity contribution in [1.29, 1.82) is 0 Å². The van der Waals surface area contributed by atoms with Crippen LogP contribution in [0.5, 0.6) is 0 Å². The lowest BCUT2D eigenvalue weighted by Crippen LogP contribution is -2.34. The van der Waals surface area contributed by atoms with Crippen LogP contribution in [0.2, 0.25) is 0 Å². The second-order valence-electron chi connectivity index (χ2n) is 7.04. The summed E-state index contributed by atoms with van der Waals surface area (Å²) < 4.78 is 0. The molecule has 2 aliphatic heterocycles. The van der Waals surface area contributed by atoms with Gasteiger partial charge in [0.15, 0.2) is 0 Å². The number of hydrogen-bond donors (Lipinski definition) is 3. The molecule has 0 unspecified atom stereocenters. The average Bonchev–Trinajstić information content (AvgIpc) is 3.20.